The average molecular weight is 339 g/mol. The van der Waals surface area contributed by atoms with Crippen LogP contribution in [0.2, 0.25) is 5.02 Å². The van der Waals surface area contributed by atoms with Gasteiger partial charge in [-0.1, -0.05) is 11.6 Å². The second-order valence-electron chi connectivity index (χ2n) is 4.96. The van der Waals surface area contributed by atoms with Gasteiger partial charge in [0.05, 0.1) is 4.90 Å². The van der Waals surface area contributed by atoms with Gasteiger partial charge in [-0.15, -0.1) is 12.4 Å². The van der Waals surface area contributed by atoms with E-state index in [9.17, 15) is 8.42 Å². The molecule has 1 aliphatic rings. The molecule has 1 aromatic carbocycles. The van der Waals surface area contributed by atoms with Crippen LogP contribution in [0.4, 0.5) is 0 Å². The summed E-state index contributed by atoms with van der Waals surface area (Å²) in [5.41, 5.74) is 0.669. The molecule has 2 N–H and O–H groups in total. The summed E-state index contributed by atoms with van der Waals surface area (Å²) in [5.74, 6) is 0.578. The molecule has 114 valence electrons. The highest BCUT2D eigenvalue weighted by Crippen LogP contribution is 2.19. The third kappa shape index (κ3) is 4.60. The lowest BCUT2D eigenvalue weighted by Gasteiger charge is -2.11. The number of hydrogen-bond acceptors (Lipinski definition) is 3. The van der Waals surface area contributed by atoms with E-state index in [-0.39, 0.29) is 12.4 Å². The first-order valence-corrected chi connectivity index (χ1v) is 8.32. The minimum Gasteiger partial charge on any atom is -0.316 e. The van der Waals surface area contributed by atoms with Crippen molar-refractivity contribution in [2.24, 2.45) is 5.92 Å². The second-order valence-corrected chi connectivity index (χ2v) is 7.13. The zero-order chi connectivity index (χ0) is 13.9. The Balaban J connectivity index is 0.00000200. The maximum absolute atomic E-state index is 12.2. The zero-order valence-electron chi connectivity index (χ0n) is 11.4. The Hall–Kier alpha value is -0.330. The first-order chi connectivity index (χ1) is 8.99. The molecule has 1 atom stereocenters. The Morgan fingerprint density at radius 3 is 2.80 bits per heavy atom. The van der Waals surface area contributed by atoms with Gasteiger partial charge in [-0.05, 0) is 62.5 Å². The van der Waals surface area contributed by atoms with E-state index in [2.05, 4.69) is 10.0 Å². The molecule has 1 saturated heterocycles. The Labute approximate surface area is 131 Å². The van der Waals surface area contributed by atoms with Crippen LogP contribution in [-0.4, -0.2) is 28.1 Å². The van der Waals surface area contributed by atoms with E-state index in [4.69, 9.17) is 11.6 Å². The summed E-state index contributed by atoms with van der Waals surface area (Å²) in [5, 5.41) is 3.82. The molecule has 0 radical (unpaired) electrons. The number of sulfonamides is 1. The Morgan fingerprint density at radius 2 is 2.20 bits per heavy atom. The smallest absolute Gasteiger partial charge is 0.240 e. The fourth-order valence-electron chi connectivity index (χ4n) is 2.35. The fourth-order valence-corrected chi connectivity index (χ4v) is 3.85. The third-order valence-electron chi connectivity index (χ3n) is 3.43. The lowest BCUT2D eigenvalue weighted by molar-refractivity contribution is 0.519. The Morgan fingerprint density at radius 1 is 1.45 bits per heavy atom. The molecule has 4 nitrogen and oxygen atoms in total. The van der Waals surface area contributed by atoms with Crippen molar-refractivity contribution in [3.63, 3.8) is 0 Å². The summed E-state index contributed by atoms with van der Waals surface area (Å²) in [6.07, 6.45) is 2.00. The van der Waals surface area contributed by atoms with Crippen molar-refractivity contribution >= 4 is 34.0 Å². The standard InChI is InChI=1S/C13H19ClN2O2S.ClH/c1-10-8-12(14)2-3-13(10)19(17,18)16-7-5-11-4-6-15-9-11;/h2-3,8,11,15-16H,4-7,9H2,1H3;1H. The summed E-state index contributed by atoms with van der Waals surface area (Å²) >= 11 is 5.84. The molecule has 1 aliphatic heterocycles. The van der Waals surface area contributed by atoms with Crippen LogP contribution in [0.25, 0.3) is 0 Å². The van der Waals surface area contributed by atoms with E-state index >= 15 is 0 Å². The largest absolute Gasteiger partial charge is 0.316 e. The normalized spacial score (nSPS) is 18.8. The topological polar surface area (TPSA) is 58.2 Å². The van der Waals surface area contributed by atoms with Crippen LogP contribution >= 0.6 is 24.0 Å². The maximum Gasteiger partial charge on any atom is 0.240 e. The van der Waals surface area contributed by atoms with Crippen LogP contribution in [0.3, 0.4) is 0 Å². The number of benzene rings is 1. The van der Waals surface area contributed by atoms with Crippen molar-refractivity contribution in [1.29, 1.82) is 0 Å². The molecule has 1 heterocycles. The molecule has 0 saturated carbocycles. The van der Waals surface area contributed by atoms with E-state index < -0.39 is 10.0 Å². The molecule has 0 spiro atoms. The van der Waals surface area contributed by atoms with Crippen LogP contribution in [-0.2, 0) is 10.0 Å². The monoisotopic (exact) mass is 338 g/mol. The van der Waals surface area contributed by atoms with Gasteiger partial charge in [-0.25, -0.2) is 13.1 Å². The summed E-state index contributed by atoms with van der Waals surface area (Å²) < 4.78 is 27.0. The molecule has 1 fully saturated rings. The summed E-state index contributed by atoms with van der Waals surface area (Å²) in [6, 6.07) is 4.82. The highest BCUT2D eigenvalue weighted by Gasteiger charge is 2.18. The summed E-state index contributed by atoms with van der Waals surface area (Å²) in [6.45, 7) is 4.26. The predicted molar refractivity (Wildman–Crippen MR) is 84.2 cm³/mol. The van der Waals surface area contributed by atoms with Crippen molar-refractivity contribution in [2.75, 3.05) is 19.6 Å². The maximum atomic E-state index is 12.2. The lowest BCUT2D eigenvalue weighted by atomic mass is 10.1. The van der Waals surface area contributed by atoms with E-state index in [1.165, 1.54) is 0 Å². The Bertz CT molecular complexity index is 543. The molecule has 0 aromatic heterocycles. The number of halogens is 2. The highest BCUT2D eigenvalue weighted by molar-refractivity contribution is 7.89. The molecule has 0 bridgehead atoms. The highest BCUT2D eigenvalue weighted by atomic mass is 35.5. The summed E-state index contributed by atoms with van der Waals surface area (Å²) in [7, 11) is -3.43. The van der Waals surface area contributed by atoms with Gasteiger partial charge in [0.2, 0.25) is 10.0 Å². The van der Waals surface area contributed by atoms with Crippen LogP contribution in [0, 0.1) is 12.8 Å². The molecule has 20 heavy (non-hydrogen) atoms. The van der Waals surface area contributed by atoms with Crippen LogP contribution in [0.1, 0.15) is 18.4 Å². The number of hydrogen-bond donors (Lipinski definition) is 2. The average Bonchev–Trinajstić information content (AvgIpc) is 2.81. The zero-order valence-corrected chi connectivity index (χ0v) is 13.7. The minimum absolute atomic E-state index is 0. The van der Waals surface area contributed by atoms with Crippen molar-refractivity contribution in [1.82, 2.24) is 10.0 Å². The van der Waals surface area contributed by atoms with E-state index in [1.54, 1.807) is 25.1 Å². The quantitative estimate of drug-likeness (QED) is 0.866. The van der Waals surface area contributed by atoms with E-state index in [0.29, 0.717) is 27.9 Å². The van der Waals surface area contributed by atoms with Gasteiger partial charge in [-0.3, -0.25) is 0 Å². The Kier molecular flexibility index (Phi) is 6.75. The van der Waals surface area contributed by atoms with Crippen molar-refractivity contribution in [2.45, 2.75) is 24.7 Å². The predicted octanol–water partition coefficient (Wildman–Crippen LogP) is 2.35. The number of rotatable bonds is 5. The molecule has 7 heteroatoms. The molecular weight excluding hydrogens is 319 g/mol. The van der Waals surface area contributed by atoms with Gasteiger partial charge in [0, 0.05) is 11.6 Å². The van der Waals surface area contributed by atoms with E-state index in [1.807, 2.05) is 0 Å². The lowest BCUT2D eigenvalue weighted by Crippen LogP contribution is -2.27. The van der Waals surface area contributed by atoms with E-state index in [0.717, 1.165) is 25.9 Å². The van der Waals surface area contributed by atoms with Gasteiger partial charge < -0.3 is 5.32 Å². The first kappa shape index (κ1) is 17.7. The fraction of sp³-hybridized carbons (Fsp3) is 0.538. The van der Waals surface area contributed by atoms with Gasteiger partial charge in [0.25, 0.3) is 0 Å². The van der Waals surface area contributed by atoms with Gasteiger partial charge in [0.15, 0.2) is 0 Å². The number of nitrogens with one attached hydrogen (secondary N) is 2. The van der Waals surface area contributed by atoms with Gasteiger partial charge in [-0.2, -0.15) is 0 Å². The van der Waals surface area contributed by atoms with Crippen LogP contribution in [0.5, 0.6) is 0 Å². The van der Waals surface area contributed by atoms with Crippen molar-refractivity contribution < 1.29 is 8.42 Å². The second kappa shape index (κ2) is 7.61. The molecule has 1 aromatic rings. The van der Waals surface area contributed by atoms with Gasteiger partial charge >= 0.3 is 0 Å². The van der Waals surface area contributed by atoms with Crippen molar-refractivity contribution in [3.8, 4) is 0 Å². The van der Waals surface area contributed by atoms with Crippen molar-refractivity contribution in [3.05, 3.63) is 28.8 Å². The summed E-state index contributed by atoms with van der Waals surface area (Å²) in [4.78, 5) is 0.307. The first-order valence-electron chi connectivity index (χ1n) is 6.45. The van der Waals surface area contributed by atoms with Crippen LogP contribution < -0.4 is 10.0 Å². The molecular formula is C13H20Cl2N2O2S. The minimum atomic E-state index is -3.43. The SMILES string of the molecule is Cc1cc(Cl)ccc1S(=O)(=O)NCCC1CCNC1.Cl. The molecule has 2 rings (SSSR count). The molecule has 0 amide bonds. The van der Waals surface area contributed by atoms with Crippen LogP contribution in [0.15, 0.2) is 23.1 Å². The molecule has 1 unspecified atom stereocenters. The third-order valence-corrected chi connectivity index (χ3v) is 5.29. The number of aryl methyl sites for hydroxylation is 1. The molecule has 0 aliphatic carbocycles. The van der Waals surface area contributed by atoms with Gasteiger partial charge in [0.1, 0.15) is 0 Å².